The fourth-order valence-corrected chi connectivity index (χ4v) is 1.16. The number of hydrogen-bond acceptors (Lipinski definition) is 3. The van der Waals surface area contributed by atoms with Gasteiger partial charge in [-0.1, -0.05) is 0 Å². The maximum Gasteiger partial charge on any atom is 0.0393 e. The summed E-state index contributed by atoms with van der Waals surface area (Å²) in [7, 11) is 0. The smallest absolute Gasteiger partial charge is 0.0393 e. The normalized spacial score (nSPS) is 10.0. The van der Waals surface area contributed by atoms with Crippen LogP contribution in [0.5, 0.6) is 0 Å². The lowest BCUT2D eigenvalue weighted by Crippen LogP contribution is -2.05. The van der Waals surface area contributed by atoms with E-state index in [1.807, 2.05) is 25.3 Å². The second kappa shape index (κ2) is 5.54. The van der Waals surface area contributed by atoms with Gasteiger partial charge in [0.05, 0.1) is 0 Å². The maximum atomic E-state index is 5.39. The van der Waals surface area contributed by atoms with Crippen LogP contribution in [0.4, 0.5) is 5.69 Å². The molecule has 3 heteroatoms. The number of nitrogens with one attached hydrogen (secondary N) is 1. The molecule has 72 valence electrons. The Kier molecular flexibility index (Phi) is 4.26. The molecule has 0 saturated carbocycles. The zero-order valence-corrected chi connectivity index (χ0v) is 8.09. The third kappa shape index (κ3) is 3.90. The zero-order valence-electron chi connectivity index (χ0n) is 8.09. The number of anilines is 1. The molecule has 0 fully saturated rings. The highest BCUT2D eigenvalue weighted by atomic mass is 14.9. The predicted octanol–water partition coefficient (Wildman–Crippen LogP) is 1.54. The summed E-state index contributed by atoms with van der Waals surface area (Å²) in [4.78, 5) is 4.12. The standard InChI is InChI=1S/C10H17N3/c1-9-8-10(4-7-12-9)13-6-3-2-5-11/h4,7-8H,2-3,5-6,11H2,1H3,(H,12,13). The summed E-state index contributed by atoms with van der Waals surface area (Å²) in [5, 5.41) is 3.32. The molecule has 1 aromatic heterocycles. The second-order valence-electron chi connectivity index (χ2n) is 3.11. The van der Waals surface area contributed by atoms with E-state index in [9.17, 15) is 0 Å². The van der Waals surface area contributed by atoms with E-state index < -0.39 is 0 Å². The first-order valence-electron chi connectivity index (χ1n) is 4.69. The SMILES string of the molecule is Cc1cc(NCCCCN)ccn1. The van der Waals surface area contributed by atoms with E-state index in [0.29, 0.717) is 0 Å². The van der Waals surface area contributed by atoms with Gasteiger partial charge >= 0.3 is 0 Å². The molecule has 1 heterocycles. The van der Waals surface area contributed by atoms with Crippen LogP contribution in [-0.4, -0.2) is 18.1 Å². The Balaban J connectivity index is 2.28. The topological polar surface area (TPSA) is 50.9 Å². The Bertz CT molecular complexity index is 248. The highest BCUT2D eigenvalue weighted by molar-refractivity contribution is 5.42. The van der Waals surface area contributed by atoms with Crippen molar-refractivity contribution in [2.24, 2.45) is 5.73 Å². The van der Waals surface area contributed by atoms with E-state index in [4.69, 9.17) is 5.73 Å². The quantitative estimate of drug-likeness (QED) is 0.674. The molecule has 0 unspecified atom stereocenters. The fourth-order valence-electron chi connectivity index (χ4n) is 1.16. The Morgan fingerprint density at radius 1 is 1.46 bits per heavy atom. The number of rotatable bonds is 5. The molecule has 1 aromatic rings. The molecule has 0 bridgehead atoms. The van der Waals surface area contributed by atoms with Gasteiger partial charge < -0.3 is 11.1 Å². The summed E-state index contributed by atoms with van der Waals surface area (Å²) in [6.45, 7) is 3.75. The van der Waals surface area contributed by atoms with Gasteiger partial charge in [0.2, 0.25) is 0 Å². The summed E-state index contributed by atoms with van der Waals surface area (Å²) in [6.07, 6.45) is 4.02. The molecule has 0 saturated heterocycles. The first-order valence-corrected chi connectivity index (χ1v) is 4.69. The lowest BCUT2D eigenvalue weighted by molar-refractivity contribution is 0.774. The number of aromatic nitrogens is 1. The monoisotopic (exact) mass is 179 g/mol. The summed E-state index contributed by atoms with van der Waals surface area (Å²) in [5.74, 6) is 0. The van der Waals surface area contributed by atoms with Crippen molar-refractivity contribution < 1.29 is 0 Å². The van der Waals surface area contributed by atoms with Gasteiger partial charge in [0, 0.05) is 24.1 Å². The van der Waals surface area contributed by atoms with Crippen molar-refractivity contribution in [1.29, 1.82) is 0 Å². The highest BCUT2D eigenvalue weighted by Crippen LogP contribution is 2.06. The van der Waals surface area contributed by atoms with Crippen LogP contribution in [0.15, 0.2) is 18.3 Å². The molecule has 3 N–H and O–H groups in total. The van der Waals surface area contributed by atoms with Gasteiger partial charge in [0.25, 0.3) is 0 Å². The van der Waals surface area contributed by atoms with Crippen molar-refractivity contribution in [3.05, 3.63) is 24.0 Å². The molecule has 0 aromatic carbocycles. The molecule has 0 aliphatic heterocycles. The van der Waals surface area contributed by atoms with Crippen LogP contribution in [0, 0.1) is 6.92 Å². The van der Waals surface area contributed by atoms with Crippen molar-refractivity contribution in [3.63, 3.8) is 0 Å². The summed E-state index contributed by atoms with van der Waals surface area (Å²) in [5.41, 5.74) is 7.58. The molecular formula is C10H17N3. The Morgan fingerprint density at radius 2 is 2.31 bits per heavy atom. The lowest BCUT2D eigenvalue weighted by atomic mass is 10.3. The van der Waals surface area contributed by atoms with E-state index in [2.05, 4.69) is 10.3 Å². The van der Waals surface area contributed by atoms with Crippen LogP contribution in [0.25, 0.3) is 0 Å². The lowest BCUT2D eigenvalue weighted by Gasteiger charge is -2.05. The minimum atomic E-state index is 0.775. The Morgan fingerprint density at radius 3 is 3.00 bits per heavy atom. The van der Waals surface area contributed by atoms with Gasteiger partial charge in [-0.3, -0.25) is 4.98 Å². The minimum absolute atomic E-state index is 0.775. The highest BCUT2D eigenvalue weighted by Gasteiger charge is 1.91. The third-order valence-corrected chi connectivity index (χ3v) is 1.86. The molecule has 0 aliphatic rings. The van der Waals surface area contributed by atoms with Gasteiger partial charge in [0.1, 0.15) is 0 Å². The van der Waals surface area contributed by atoms with E-state index >= 15 is 0 Å². The first kappa shape index (κ1) is 9.99. The first-order chi connectivity index (χ1) is 6.33. The van der Waals surface area contributed by atoms with Crippen molar-refractivity contribution >= 4 is 5.69 Å². The number of pyridine rings is 1. The van der Waals surface area contributed by atoms with Gasteiger partial charge in [-0.2, -0.15) is 0 Å². The van der Waals surface area contributed by atoms with E-state index in [1.54, 1.807) is 0 Å². The van der Waals surface area contributed by atoms with Crippen molar-refractivity contribution in [3.8, 4) is 0 Å². The van der Waals surface area contributed by atoms with Crippen molar-refractivity contribution in [2.75, 3.05) is 18.4 Å². The van der Waals surface area contributed by atoms with E-state index in [1.165, 1.54) is 0 Å². The summed E-state index contributed by atoms with van der Waals surface area (Å²) in [6, 6.07) is 4.03. The zero-order chi connectivity index (χ0) is 9.52. The number of nitrogens with zero attached hydrogens (tertiary/aromatic N) is 1. The predicted molar refractivity (Wildman–Crippen MR) is 55.8 cm³/mol. The Hall–Kier alpha value is -1.09. The molecular weight excluding hydrogens is 162 g/mol. The second-order valence-corrected chi connectivity index (χ2v) is 3.11. The summed E-state index contributed by atoms with van der Waals surface area (Å²) >= 11 is 0. The van der Waals surface area contributed by atoms with Crippen molar-refractivity contribution in [1.82, 2.24) is 4.98 Å². The molecule has 0 atom stereocenters. The van der Waals surface area contributed by atoms with Gasteiger partial charge in [-0.25, -0.2) is 0 Å². The van der Waals surface area contributed by atoms with Crippen LogP contribution in [0.3, 0.4) is 0 Å². The van der Waals surface area contributed by atoms with Gasteiger partial charge in [-0.05, 0) is 38.4 Å². The minimum Gasteiger partial charge on any atom is -0.385 e. The average Bonchev–Trinajstić information content (AvgIpc) is 2.13. The number of aryl methyl sites for hydroxylation is 1. The largest absolute Gasteiger partial charge is 0.385 e. The van der Waals surface area contributed by atoms with Crippen LogP contribution in [0.1, 0.15) is 18.5 Å². The molecule has 0 aliphatic carbocycles. The average molecular weight is 179 g/mol. The molecule has 0 radical (unpaired) electrons. The Labute approximate surface area is 79.4 Å². The van der Waals surface area contributed by atoms with E-state index in [-0.39, 0.29) is 0 Å². The molecule has 1 rings (SSSR count). The number of nitrogens with two attached hydrogens (primary N) is 1. The van der Waals surface area contributed by atoms with E-state index in [0.717, 1.165) is 37.3 Å². The number of unbranched alkanes of at least 4 members (excludes halogenated alkanes) is 1. The van der Waals surface area contributed by atoms with Gasteiger partial charge in [0.15, 0.2) is 0 Å². The fraction of sp³-hybridized carbons (Fsp3) is 0.500. The molecule has 13 heavy (non-hydrogen) atoms. The number of hydrogen-bond donors (Lipinski definition) is 2. The summed E-state index contributed by atoms with van der Waals surface area (Å²) < 4.78 is 0. The van der Waals surface area contributed by atoms with Crippen molar-refractivity contribution in [2.45, 2.75) is 19.8 Å². The van der Waals surface area contributed by atoms with Crippen LogP contribution >= 0.6 is 0 Å². The molecule has 0 spiro atoms. The van der Waals surface area contributed by atoms with Gasteiger partial charge in [-0.15, -0.1) is 0 Å². The van der Waals surface area contributed by atoms with Crippen LogP contribution in [-0.2, 0) is 0 Å². The molecule has 3 nitrogen and oxygen atoms in total. The third-order valence-electron chi connectivity index (χ3n) is 1.86. The van der Waals surface area contributed by atoms with Crippen LogP contribution in [0.2, 0.25) is 0 Å². The molecule has 0 amide bonds. The maximum absolute atomic E-state index is 5.39. The van der Waals surface area contributed by atoms with Crippen LogP contribution < -0.4 is 11.1 Å².